The molecule has 1 aliphatic heterocycles. The lowest BCUT2D eigenvalue weighted by Crippen LogP contribution is -2.43. The third kappa shape index (κ3) is 2.89. The van der Waals surface area contributed by atoms with Crippen LogP contribution in [-0.4, -0.2) is 38.0 Å². The quantitative estimate of drug-likeness (QED) is 0.757. The van der Waals surface area contributed by atoms with E-state index in [9.17, 15) is 13.9 Å². The molecular formula is C17H16ClF2N5O. The first-order chi connectivity index (χ1) is 12.5. The van der Waals surface area contributed by atoms with Gasteiger partial charge in [0.15, 0.2) is 5.65 Å². The summed E-state index contributed by atoms with van der Waals surface area (Å²) in [4.78, 5) is 1.94. The van der Waals surface area contributed by atoms with E-state index in [0.29, 0.717) is 42.3 Å². The number of aliphatic hydroxyl groups is 1. The molecule has 0 spiro atoms. The Bertz CT molecular complexity index is 940. The van der Waals surface area contributed by atoms with Crippen LogP contribution in [0.2, 0.25) is 5.02 Å². The fourth-order valence-corrected chi connectivity index (χ4v) is 3.63. The normalized spacial score (nSPS) is 17.2. The van der Waals surface area contributed by atoms with E-state index < -0.39 is 17.9 Å². The molecule has 1 saturated heterocycles. The molecule has 0 amide bonds. The van der Waals surface area contributed by atoms with E-state index >= 15 is 0 Å². The third-order valence-corrected chi connectivity index (χ3v) is 5.09. The second-order valence-corrected chi connectivity index (χ2v) is 6.73. The van der Waals surface area contributed by atoms with Crippen molar-refractivity contribution in [1.82, 2.24) is 19.8 Å². The number of hydrogen-bond acceptors (Lipinski definition) is 5. The summed E-state index contributed by atoms with van der Waals surface area (Å²) >= 11 is 6.23. The summed E-state index contributed by atoms with van der Waals surface area (Å²) in [7, 11) is 0. The summed E-state index contributed by atoms with van der Waals surface area (Å²) in [6, 6.07) is 10.6. The maximum atomic E-state index is 13.0. The molecule has 1 aliphatic rings. The number of halogens is 3. The molecule has 0 aliphatic carbocycles. The van der Waals surface area contributed by atoms with E-state index in [2.05, 4.69) is 15.3 Å². The van der Waals surface area contributed by atoms with Crippen molar-refractivity contribution in [1.29, 1.82) is 0 Å². The van der Waals surface area contributed by atoms with Gasteiger partial charge in [-0.3, -0.25) is 0 Å². The van der Waals surface area contributed by atoms with Gasteiger partial charge in [0.25, 0.3) is 6.43 Å². The number of fused-ring (bicyclic) bond motifs is 1. The molecule has 26 heavy (non-hydrogen) atoms. The monoisotopic (exact) mass is 379 g/mol. The summed E-state index contributed by atoms with van der Waals surface area (Å²) in [5, 5.41) is 22.9. The van der Waals surface area contributed by atoms with Gasteiger partial charge in [-0.15, -0.1) is 15.3 Å². The Balaban J connectivity index is 1.57. The molecule has 0 bridgehead atoms. The summed E-state index contributed by atoms with van der Waals surface area (Å²) in [5.74, 6) is 0.0619. The fourth-order valence-electron chi connectivity index (χ4n) is 3.31. The molecule has 3 heterocycles. The number of benzene rings is 1. The van der Waals surface area contributed by atoms with Crippen molar-refractivity contribution < 1.29 is 13.9 Å². The number of nitrogens with zero attached hydrogens (tertiary/aromatic N) is 5. The lowest BCUT2D eigenvalue weighted by Gasteiger charge is -2.39. The molecule has 0 unspecified atom stereocenters. The lowest BCUT2D eigenvalue weighted by atomic mass is 9.84. The molecule has 136 valence electrons. The number of alkyl halides is 2. The van der Waals surface area contributed by atoms with Crippen molar-refractivity contribution in [2.24, 2.45) is 0 Å². The Morgan fingerprint density at radius 1 is 1.08 bits per heavy atom. The Morgan fingerprint density at radius 2 is 1.81 bits per heavy atom. The molecule has 0 saturated carbocycles. The van der Waals surface area contributed by atoms with Gasteiger partial charge in [0.2, 0.25) is 5.82 Å². The molecule has 0 atom stereocenters. The number of anilines is 1. The molecule has 2 aromatic heterocycles. The van der Waals surface area contributed by atoms with Crippen LogP contribution < -0.4 is 4.90 Å². The highest BCUT2D eigenvalue weighted by molar-refractivity contribution is 6.31. The second-order valence-electron chi connectivity index (χ2n) is 6.32. The Morgan fingerprint density at radius 3 is 2.50 bits per heavy atom. The standard InChI is InChI=1S/C17H16ClF2N5O/c18-12-4-2-1-3-11(12)17(26)7-9-24(10-8-17)14-6-5-13-21-22-16(15(19)20)25(13)23-14/h1-6,15,26H,7-10H2. The predicted octanol–water partition coefficient (Wildman–Crippen LogP) is 3.20. The molecule has 6 nitrogen and oxygen atoms in total. The largest absolute Gasteiger partial charge is 0.385 e. The van der Waals surface area contributed by atoms with Crippen LogP contribution in [-0.2, 0) is 5.60 Å². The van der Waals surface area contributed by atoms with Crippen LogP contribution in [0.15, 0.2) is 36.4 Å². The zero-order chi connectivity index (χ0) is 18.3. The maximum Gasteiger partial charge on any atom is 0.299 e. The highest BCUT2D eigenvalue weighted by atomic mass is 35.5. The zero-order valence-corrected chi connectivity index (χ0v) is 14.4. The molecule has 1 fully saturated rings. The number of rotatable bonds is 3. The Labute approximate surface area is 153 Å². The van der Waals surface area contributed by atoms with E-state index in [1.54, 1.807) is 18.2 Å². The van der Waals surface area contributed by atoms with Crippen molar-refractivity contribution in [2.45, 2.75) is 24.9 Å². The summed E-state index contributed by atoms with van der Waals surface area (Å²) in [6.45, 7) is 1.04. The second kappa shape index (κ2) is 6.44. The number of hydrogen-bond donors (Lipinski definition) is 1. The SMILES string of the molecule is OC1(c2ccccc2Cl)CCN(c2ccc3nnc(C(F)F)n3n2)CC1. The molecule has 1 N–H and O–H groups in total. The molecule has 0 radical (unpaired) electrons. The van der Waals surface area contributed by atoms with Gasteiger partial charge in [-0.1, -0.05) is 29.8 Å². The summed E-state index contributed by atoms with van der Waals surface area (Å²) in [6.07, 6.45) is -1.83. The Kier molecular flexibility index (Phi) is 4.24. The highest BCUT2D eigenvalue weighted by Crippen LogP contribution is 2.37. The van der Waals surface area contributed by atoms with Crippen LogP contribution in [0.4, 0.5) is 14.6 Å². The van der Waals surface area contributed by atoms with Gasteiger partial charge < -0.3 is 10.0 Å². The average molecular weight is 380 g/mol. The van der Waals surface area contributed by atoms with E-state index in [0.717, 1.165) is 4.52 Å². The van der Waals surface area contributed by atoms with Crippen LogP contribution in [0.25, 0.3) is 5.65 Å². The predicted molar refractivity (Wildman–Crippen MR) is 92.5 cm³/mol. The molecule has 1 aromatic carbocycles. The smallest absolute Gasteiger partial charge is 0.299 e. The average Bonchev–Trinajstić information content (AvgIpc) is 3.06. The van der Waals surface area contributed by atoms with Crippen LogP contribution >= 0.6 is 11.6 Å². The number of aromatic nitrogens is 4. The molecule has 9 heteroatoms. The van der Waals surface area contributed by atoms with Crippen LogP contribution in [0.1, 0.15) is 30.7 Å². The minimum Gasteiger partial charge on any atom is -0.385 e. The minimum absolute atomic E-state index is 0.272. The highest BCUT2D eigenvalue weighted by Gasteiger charge is 2.36. The fraction of sp³-hybridized carbons (Fsp3) is 0.353. The first-order valence-electron chi connectivity index (χ1n) is 8.21. The van der Waals surface area contributed by atoms with Crippen LogP contribution in [0, 0.1) is 0 Å². The van der Waals surface area contributed by atoms with Crippen LogP contribution in [0.3, 0.4) is 0 Å². The van der Waals surface area contributed by atoms with Crippen molar-refractivity contribution in [2.75, 3.05) is 18.0 Å². The summed E-state index contributed by atoms with van der Waals surface area (Å²) < 4.78 is 27.1. The van der Waals surface area contributed by atoms with E-state index in [1.165, 1.54) is 0 Å². The first-order valence-corrected chi connectivity index (χ1v) is 8.58. The van der Waals surface area contributed by atoms with Gasteiger partial charge in [-0.2, -0.15) is 4.52 Å². The topological polar surface area (TPSA) is 66.5 Å². The minimum atomic E-state index is -2.75. The van der Waals surface area contributed by atoms with Gasteiger partial charge in [-0.25, -0.2) is 8.78 Å². The van der Waals surface area contributed by atoms with Crippen molar-refractivity contribution in [3.8, 4) is 0 Å². The van der Waals surface area contributed by atoms with E-state index in [1.807, 2.05) is 23.1 Å². The first kappa shape index (κ1) is 17.1. The molecule has 4 rings (SSSR count). The molecular weight excluding hydrogens is 364 g/mol. The van der Waals surface area contributed by atoms with E-state index in [-0.39, 0.29) is 5.65 Å². The summed E-state index contributed by atoms with van der Waals surface area (Å²) in [5.41, 5.74) is -0.0268. The van der Waals surface area contributed by atoms with Gasteiger partial charge in [0.1, 0.15) is 5.82 Å². The lowest BCUT2D eigenvalue weighted by molar-refractivity contribution is 0.0117. The van der Waals surface area contributed by atoms with Gasteiger partial charge in [0, 0.05) is 23.7 Å². The van der Waals surface area contributed by atoms with Gasteiger partial charge in [0.05, 0.1) is 5.60 Å². The van der Waals surface area contributed by atoms with Gasteiger partial charge >= 0.3 is 0 Å². The van der Waals surface area contributed by atoms with Crippen molar-refractivity contribution in [3.63, 3.8) is 0 Å². The zero-order valence-electron chi connectivity index (χ0n) is 13.7. The van der Waals surface area contributed by atoms with Crippen LogP contribution in [0.5, 0.6) is 0 Å². The molecule has 3 aromatic rings. The number of piperidine rings is 1. The van der Waals surface area contributed by atoms with E-state index in [4.69, 9.17) is 11.6 Å². The van der Waals surface area contributed by atoms with Gasteiger partial charge in [-0.05, 0) is 31.0 Å². The third-order valence-electron chi connectivity index (χ3n) is 4.76. The Hall–Kier alpha value is -2.32. The van der Waals surface area contributed by atoms with Crippen molar-refractivity contribution in [3.05, 3.63) is 52.8 Å². The van der Waals surface area contributed by atoms with Crippen molar-refractivity contribution >= 4 is 23.1 Å². The maximum absolute atomic E-state index is 13.0.